The van der Waals surface area contributed by atoms with E-state index in [1.54, 1.807) is 13.0 Å². The molecule has 0 radical (unpaired) electrons. The Labute approximate surface area is 99.2 Å². The van der Waals surface area contributed by atoms with E-state index in [0.717, 1.165) is 0 Å². The number of nitriles is 1. The summed E-state index contributed by atoms with van der Waals surface area (Å²) in [4.78, 5) is 12.5. The van der Waals surface area contributed by atoms with Gasteiger partial charge in [-0.15, -0.1) is 0 Å². The minimum Gasteiger partial charge on any atom is -0.330 e. The van der Waals surface area contributed by atoms with E-state index in [2.05, 4.69) is 0 Å². The van der Waals surface area contributed by atoms with E-state index in [-0.39, 0.29) is 6.42 Å². The SMILES string of the molecule is CCCC(C#N)C(=O)N(CC(F)(F)F)C(C)C. The van der Waals surface area contributed by atoms with Crippen molar-refractivity contribution in [3.63, 3.8) is 0 Å². The summed E-state index contributed by atoms with van der Waals surface area (Å²) >= 11 is 0. The molecule has 1 atom stereocenters. The summed E-state index contributed by atoms with van der Waals surface area (Å²) in [5.74, 6) is -1.72. The third-order valence-electron chi connectivity index (χ3n) is 2.29. The van der Waals surface area contributed by atoms with Crippen LogP contribution in [0.1, 0.15) is 33.6 Å². The molecule has 0 aromatic carbocycles. The summed E-state index contributed by atoms with van der Waals surface area (Å²) in [6.07, 6.45) is -3.56. The fraction of sp³-hybridized carbons (Fsp3) is 0.818. The molecule has 0 saturated heterocycles. The molecule has 0 aliphatic heterocycles. The number of carbonyl (C=O) groups excluding carboxylic acids is 1. The lowest BCUT2D eigenvalue weighted by atomic mass is 10.0. The molecule has 6 heteroatoms. The van der Waals surface area contributed by atoms with Crippen molar-refractivity contribution in [1.82, 2.24) is 4.90 Å². The van der Waals surface area contributed by atoms with E-state index >= 15 is 0 Å². The fourth-order valence-electron chi connectivity index (χ4n) is 1.44. The van der Waals surface area contributed by atoms with Gasteiger partial charge in [0.05, 0.1) is 6.07 Å². The first-order chi connectivity index (χ1) is 7.72. The maximum absolute atomic E-state index is 12.3. The molecule has 0 heterocycles. The summed E-state index contributed by atoms with van der Waals surface area (Å²) in [6.45, 7) is 3.49. The van der Waals surface area contributed by atoms with Crippen LogP contribution in [0.25, 0.3) is 0 Å². The maximum Gasteiger partial charge on any atom is 0.406 e. The number of rotatable bonds is 5. The molecule has 1 amide bonds. The average Bonchev–Trinajstić information content (AvgIpc) is 2.20. The highest BCUT2D eigenvalue weighted by molar-refractivity contribution is 5.81. The smallest absolute Gasteiger partial charge is 0.330 e. The predicted octanol–water partition coefficient (Wildman–Crippen LogP) is 2.73. The van der Waals surface area contributed by atoms with E-state index in [0.29, 0.717) is 11.3 Å². The minimum atomic E-state index is -4.44. The first-order valence-electron chi connectivity index (χ1n) is 5.49. The quantitative estimate of drug-likeness (QED) is 0.753. The largest absolute Gasteiger partial charge is 0.406 e. The number of hydrogen-bond donors (Lipinski definition) is 0. The van der Waals surface area contributed by atoms with Crippen molar-refractivity contribution in [1.29, 1.82) is 5.26 Å². The number of amides is 1. The van der Waals surface area contributed by atoms with Gasteiger partial charge in [-0.05, 0) is 20.3 Å². The van der Waals surface area contributed by atoms with Gasteiger partial charge in [0.25, 0.3) is 0 Å². The lowest BCUT2D eigenvalue weighted by molar-refractivity contribution is -0.166. The molecule has 98 valence electrons. The maximum atomic E-state index is 12.3. The van der Waals surface area contributed by atoms with Crippen LogP contribution in [0.4, 0.5) is 13.2 Å². The van der Waals surface area contributed by atoms with E-state index in [9.17, 15) is 18.0 Å². The van der Waals surface area contributed by atoms with E-state index in [1.165, 1.54) is 13.8 Å². The Hall–Kier alpha value is -1.25. The van der Waals surface area contributed by atoms with Crippen molar-refractivity contribution < 1.29 is 18.0 Å². The molecular formula is C11H17F3N2O. The van der Waals surface area contributed by atoms with E-state index < -0.39 is 30.6 Å². The Kier molecular flexibility index (Phi) is 6.00. The Balaban J connectivity index is 4.83. The van der Waals surface area contributed by atoms with Crippen molar-refractivity contribution in [3.05, 3.63) is 0 Å². The van der Waals surface area contributed by atoms with Crippen LogP contribution in [-0.2, 0) is 4.79 Å². The van der Waals surface area contributed by atoms with Gasteiger partial charge in [0.15, 0.2) is 0 Å². The highest BCUT2D eigenvalue weighted by atomic mass is 19.4. The van der Waals surface area contributed by atoms with Gasteiger partial charge in [-0.3, -0.25) is 4.79 Å². The zero-order valence-electron chi connectivity index (χ0n) is 10.2. The van der Waals surface area contributed by atoms with Gasteiger partial charge in [-0.2, -0.15) is 18.4 Å². The van der Waals surface area contributed by atoms with Crippen LogP contribution in [0, 0.1) is 17.2 Å². The molecular weight excluding hydrogens is 233 g/mol. The molecule has 17 heavy (non-hydrogen) atoms. The molecule has 1 unspecified atom stereocenters. The summed E-state index contributed by atoms with van der Waals surface area (Å²) in [5.41, 5.74) is 0. The monoisotopic (exact) mass is 250 g/mol. The number of halogens is 3. The van der Waals surface area contributed by atoms with Crippen molar-refractivity contribution in [2.75, 3.05) is 6.54 Å². The minimum absolute atomic E-state index is 0.288. The lowest BCUT2D eigenvalue weighted by Crippen LogP contribution is -2.45. The van der Waals surface area contributed by atoms with Crippen molar-refractivity contribution in [2.45, 2.75) is 45.8 Å². The first kappa shape index (κ1) is 15.8. The van der Waals surface area contributed by atoms with Crippen molar-refractivity contribution in [2.24, 2.45) is 5.92 Å². The second-order valence-electron chi connectivity index (χ2n) is 4.15. The molecule has 0 aromatic rings. The van der Waals surface area contributed by atoms with Gasteiger partial charge in [0, 0.05) is 6.04 Å². The van der Waals surface area contributed by atoms with Crippen LogP contribution in [-0.4, -0.2) is 29.6 Å². The molecule has 0 bridgehead atoms. The molecule has 0 spiro atoms. The molecule has 0 saturated carbocycles. The molecule has 0 aromatic heterocycles. The fourth-order valence-corrected chi connectivity index (χ4v) is 1.44. The summed E-state index contributed by atoms with van der Waals surface area (Å²) in [6, 6.07) is 1.19. The predicted molar refractivity (Wildman–Crippen MR) is 56.9 cm³/mol. The Morgan fingerprint density at radius 1 is 1.41 bits per heavy atom. The molecule has 0 N–H and O–H groups in total. The Bertz CT molecular complexity index is 294. The third kappa shape index (κ3) is 5.57. The Morgan fingerprint density at radius 2 is 1.94 bits per heavy atom. The summed E-state index contributed by atoms with van der Waals surface area (Å²) in [5, 5.41) is 8.78. The molecule has 0 rings (SSSR count). The Morgan fingerprint density at radius 3 is 2.24 bits per heavy atom. The molecule has 0 fully saturated rings. The van der Waals surface area contributed by atoms with Crippen LogP contribution < -0.4 is 0 Å². The van der Waals surface area contributed by atoms with Crippen molar-refractivity contribution >= 4 is 5.91 Å². The zero-order valence-corrected chi connectivity index (χ0v) is 10.2. The number of nitrogens with zero attached hydrogens (tertiary/aromatic N) is 2. The van der Waals surface area contributed by atoms with Crippen LogP contribution >= 0.6 is 0 Å². The van der Waals surface area contributed by atoms with Crippen LogP contribution in [0.3, 0.4) is 0 Å². The van der Waals surface area contributed by atoms with E-state index in [1.807, 2.05) is 0 Å². The van der Waals surface area contributed by atoms with E-state index in [4.69, 9.17) is 5.26 Å². The topological polar surface area (TPSA) is 44.1 Å². The van der Waals surface area contributed by atoms with Crippen LogP contribution in [0.5, 0.6) is 0 Å². The van der Waals surface area contributed by atoms with Crippen LogP contribution in [0.15, 0.2) is 0 Å². The second-order valence-corrected chi connectivity index (χ2v) is 4.15. The second kappa shape index (κ2) is 6.48. The van der Waals surface area contributed by atoms with Crippen LogP contribution in [0.2, 0.25) is 0 Å². The molecule has 0 aliphatic rings. The van der Waals surface area contributed by atoms with Gasteiger partial charge in [-0.25, -0.2) is 0 Å². The highest BCUT2D eigenvalue weighted by Crippen LogP contribution is 2.20. The van der Waals surface area contributed by atoms with Gasteiger partial charge in [-0.1, -0.05) is 13.3 Å². The van der Waals surface area contributed by atoms with Gasteiger partial charge < -0.3 is 4.90 Å². The molecule has 0 aliphatic carbocycles. The lowest BCUT2D eigenvalue weighted by Gasteiger charge is -2.29. The van der Waals surface area contributed by atoms with Gasteiger partial charge >= 0.3 is 6.18 Å². The highest BCUT2D eigenvalue weighted by Gasteiger charge is 2.36. The van der Waals surface area contributed by atoms with Gasteiger partial charge in [0.2, 0.25) is 5.91 Å². The van der Waals surface area contributed by atoms with Crippen molar-refractivity contribution in [3.8, 4) is 6.07 Å². The number of carbonyl (C=O) groups is 1. The van der Waals surface area contributed by atoms with Gasteiger partial charge in [0.1, 0.15) is 12.5 Å². The third-order valence-corrected chi connectivity index (χ3v) is 2.29. The normalized spacial score (nSPS) is 13.3. The average molecular weight is 250 g/mol. The summed E-state index contributed by atoms with van der Waals surface area (Å²) in [7, 11) is 0. The first-order valence-corrected chi connectivity index (χ1v) is 5.49. The standard InChI is InChI=1S/C11H17F3N2O/c1-4-5-9(6-15)10(17)16(8(2)3)7-11(12,13)14/h8-9H,4-5,7H2,1-3H3. The number of alkyl halides is 3. The zero-order chi connectivity index (χ0) is 13.6. The summed E-state index contributed by atoms with van der Waals surface area (Å²) < 4.78 is 36.9. The number of hydrogen-bond acceptors (Lipinski definition) is 2. The molecule has 3 nitrogen and oxygen atoms in total.